The summed E-state index contributed by atoms with van der Waals surface area (Å²) in [6, 6.07) is 7.83. The van der Waals surface area contributed by atoms with Crippen LogP contribution in [0.1, 0.15) is 13.3 Å². The third kappa shape index (κ3) is 5.64. The van der Waals surface area contributed by atoms with Gasteiger partial charge in [-0.15, -0.1) is 10.2 Å². The van der Waals surface area contributed by atoms with Crippen LogP contribution in [0.2, 0.25) is 0 Å². The number of anilines is 2. The largest absolute Gasteiger partial charge is 0.355 e. The Kier molecular flexibility index (Phi) is 6.47. The Labute approximate surface area is 140 Å². The summed E-state index contributed by atoms with van der Waals surface area (Å²) in [4.78, 5) is 11.5. The molecule has 0 fully saturated rings. The molecule has 1 heterocycles. The summed E-state index contributed by atoms with van der Waals surface area (Å²) in [5.41, 5.74) is 0.942. The molecule has 1 aromatic heterocycles. The van der Waals surface area contributed by atoms with E-state index in [2.05, 4.69) is 36.8 Å². The molecule has 21 heavy (non-hydrogen) atoms. The molecule has 2 N–H and O–H groups in total. The van der Waals surface area contributed by atoms with Crippen molar-refractivity contribution in [3.8, 4) is 0 Å². The number of nitrogens with zero attached hydrogens (tertiary/aromatic N) is 2. The summed E-state index contributed by atoms with van der Waals surface area (Å²) in [6.07, 6.45) is 0.940. The normalized spacial score (nSPS) is 10.4. The lowest BCUT2D eigenvalue weighted by atomic mass is 10.3. The molecule has 0 aliphatic heterocycles. The highest BCUT2D eigenvalue weighted by molar-refractivity contribution is 9.10. The van der Waals surface area contributed by atoms with E-state index < -0.39 is 0 Å². The maximum absolute atomic E-state index is 11.5. The van der Waals surface area contributed by atoms with Crippen LogP contribution in [-0.2, 0) is 4.79 Å². The van der Waals surface area contributed by atoms with Gasteiger partial charge in [0.05, 0.1) is 5.75 Å². The van der Waals surface area contributed by atoms with Crippen LogP contribution in [0.5, 0.6) is 0 Å². The number of amides is 1. The molecule has 2 rings (SSSR count). The minimum atomic E-state index is 0.0264. The molecule has 0 bridgehead atoms. The summed E-state index contributed by atoms with van der Waals surface area (Å²) in [5, 5.41) is 14.9. The summed E-state index contributed by atoms with van der Waals surface area (Å²) < 4.78 is 1.78. The van der Waals surface area contributed by atoms with Crippen LogP contribution in [0.25, 0.3) is 0 Å². The van der Waals surface area contributed by atoms with Crippen molar-refractivity contribution in [1.82, 2.24) is 15.5 Å². The van der Waals surface area contributed by atoms with Crippen LogP contribution in [-0.4, -0.2) is 28.4 Å². The minimum absolute atomic E-state index is 0.0264. The highest BCUT2D eigenvalue weighted by Gasteiger charge is 2.08. The van der Waals surface area contributed by atoms with E-state index in [1.807, 2.05) is 31.2 Å². The van der Waals surface area contributed by atoms with Gasteiger partial charge < -0.3 is 10.6 Å². The van der Waals surface area contributed by atoms with Gasteiger partial charge in [0.2, 0.25) is 11.0 Å². The van der Waals surface area contributed by atoms with Crippen molar-refractivity contribution in [3.05, 3.63) is 28.7 Å². The van der Waals surface area contributed by atoms with E-state index in [1.54, 1.807) is 0 Å². The fraction of sp³-hybridized carbons (Fsp3) is 0.308. The summed E-state index contributed by atoms with van der Waals surface area (Å²) in [5.74, 6) is 0.393. The Bertz CT molecular complexity index is 605. The average Bonchev–Trinajstić information content (AvgIpc) is 2.90. The first-order valence-electron chi connectivity index (χ1n) is 6.43. The Morgan fingerprint density at radius 1 is 1.43 bits per heavy atom. The van der Waals surface area contributed by atoms with E-state index >= 15 is 0 Å². The second-order valence-corrected chi connectivity index (χ2v) is 7.26. The fourth-order valence-corrected chi connectivity index (χ4v) is 3.45. The number of aromatic nitrogens is 2. The van der Waals surface area contributed by atoms with Crippen LogP contribution in [0.4, 0.5) is 10.8 Å². The summed E-state index contributed by atoms with van der Waals surface area (Å²) in [7, 11) is 0. The van der Waals surface area contributed by atoms with Crippen molar-refractivity contribution in [2.24, 2.45) is 0 Å². The molecule has 0 saturated carbocycles. The number of benzene rings is 1. The number of rotatable bonds is 7. The SMILES string of the molecule is CCCNC(=O)CSc1nnc(Nc2cccc(Br)c2)s1. The molecular formula is C13H15BrN4OS2. The Hall–Kier alpha value is -1.12. The second kappa shape index (κ2) is 8.35. The van der Waals surface area contributed by atoms with E-state index in [4.69, 9.17) is 0 Å². The summed E-state index contributed by atoms with van der Waals surface area (Å²) >= 11 is 6.25. The van der Waals surface area contributed by atoms with E-state index in [0.717, 1.165) is 20.9 Å². The lowest BCUT2D eigenvalue weighted by molar-refractivity contribution is -0.118. The van der Waals surface area contributed by atoms with E-state index in [1.165, 1.54) is 23.1 Å². The van der Waals surface area contributed by atoms with Crippen molar-refractivity contribution in [3.63, 3.8) is 0 Å². The molecule has 0 unspecified atom stereocenters. The van der Waals surface area contributed by atoms with Crippen molar-refractivity contribution < 1.29 is 4.79 Å². The highest BCUT2D eigenvalue weighted by Crippen LogP contribution is 2.28. The molecule has 0 saturated heterocycles. The Morgan fingerprint density at radius 3 is 3.05 bits per heavy atom. The number of halogens is 1. The Balaban J connectivity index is 1.85. The van der Waals surface area contributed by atoms with Crippen LogP contribution in [0.15, 0.2) is 33.1 Å². The second-order valence-electron chi connectivity index (χ2n) is 4.15. The molecule has 1 aromatic carbocycles. The lowest BCUT2D eigenvalue weighted by Gasteiger charge is -2.01. The number of hydrogen-bond donors (Lipinski definition) is 2. The van der Waals surface area contributed by atoms with Gasteiger partial charge in [-0.05, 0) is 24.6 Å². The van der Waals surface area contributed by atoms with Crippen LogP contribution >= 0.6 is 39.0 Å². The maximum atomic E-state index is 11.5. The standard InChI is InChI=1S/C13H15BrN4OS2/c1-2-6-15-11(19)8-20-13-18-17-12(21-13)16-10-5-3-4-9(14)7-10/h3-5,7H,2,6,8H2,1H3,(H,15,19)(H,16,17). The molecule has 8 heteroatoms. The zero-order valence-electron chi connectivity index (χ0n) is 11.4. The smallest absolute Gasteiger partial charge is 0.230 e. The van der Waals surface area contributed by atoms with E-state index in [0.29, 0.717) is 17.4 Å². The first-order valence-corrected chi connectivity index (χ1v) is 9.02. The van der Waals surface area contributed by atoms with Gasteiger partial charge in [0.1, 0.15) is 0 Å². The molecule has 0 atom stereocenters. The van der Waals surface area contributed by atoms with Gasteiger partial charge in [-0.2, -0.15) is 0 Å². The quantitative estimate of drug-likeness (QED) is 0.710. The van der Waals surface area contributed by atoms with Crippen molar-refractivity contribution in [2.45, 2.75) is 17.7 Å². The van der Waals surface area contributed by atoms with Crippen LogP contribution in [0.3, 0.4) is 0 Å². The van der Waals surface area contributed by atoms with Gasteiger partial charge in [0, 0.05) is 16.7 Å². The number of carbonyl (C=O) groups is 1. The van der Waals surface area contributed by atoms with Gasteiger partial charge in [-0.25, -0.2) is 0 Å². The number of hydrogen-bond acceptors (Lipinski definition) is 6. The van der Waals surface area contributed by atoms with Gasteiger partial charge >= 0.3 is 0 Å². The van der Waals surface area contributed by atoms with Crippen molar-refractivity contribution >= 4 is 55.8 Å². The molecule has 0 aliphatic rings. The van der Waals surface area contributed by atoms with Gasteiger partial charge in [-0.3, -0.25) is 4.79 Å². The molecule has 0 radical (unpaired) electrons. The number of carbonyl (C=O) groups excluding carboxylic acids is 1. The molecule has 5 nitrogen and oxygen atoms in total. The van der Waals surface area contributed by atoms with Gasteiger partial charge in [-0.1, -0.05) is 52.0 Å². The summed E-state index contributed by atoms with van der Waals surface area (Å²) in [6.45, 7) is 2.74. The predicted molar refractivity (Wildman–Crippen MR) is 91.4 cm³/mol. The van der Waals surface area contributed by atoms with Gasteiger partial charge in [0.25, 0.3) is 0 Å². The molecule has 2 aromatic rings. The van der Waals surface area contributed by atoms with Crippen LogP contribution < -0.4 is 10.6 Å². The third-order valence-electron chi connectivity index (χ3n) is 2.38. The fourth-order valence-electron chi connectivity index (χ4n) is 1.45. The third-order valence-corrected chi connectivity index (χ3v) is 4.85. The monoisotopic (exact) mass is 386 g/mol. The number of nitrogens with one attached hydrogen (secondary N) is 2. The van der Waals surface area contributed by atoms with Crippen molar-refractivity contribution in [2.75, 3.05) is 17.6 Å². The predicted octanol–water partition coefficient (Wildman–Crippen LogP) is 3.66. The first-order chi connectivity index (χ1) is 10.2. The first kappa shape index (κ1) is 16.3. The molecule has 0 spiro atoms. The highest BCUT2D eigenvalue weighted by atomic mass is 79.9. The van der Waals surface area contributed by atoms with E-state index in [9.17, 15) is 4.79 Å². The topological polar surface area (TPSA) is 66.9 Å². The lowest BCUT2D eigenvalue weighted by Crippen LogP contribution is -2.25. The zero-order chi connectivity index (χ0) is 15.1. The zero-order valence-corrected chi connectivity index (χ0v) is 14.6. The molecule has 0 aliphatic carbocycles. The molecule has 112 valence electrons. The van der Waals surface area contributed by atoms with Gasteiger partial charge in [0.15, 0.2) is 4.34 Å². The Morgan fingerprint density at radius 2 is 2.29 bits per heavy atom. The average molecular weight is 387 g/mol. The van der Waals surface area contributed by atoms with Crippen molar-refractivity contribution in [1.29, 1.82) is 0 Å². The van der Waals surface area contributed by atoms with Crippen LogP contribution in [0, 0.1) is 0 Å². The molecule has 1 amide bonds. The number of thioether (sulfide) groups is 1. The molecular weight excluding hydrogens is 372 g/mol. The minimum Gasteiger partial charge on any atom is -0.355 e. The van der Waals surface area contributed by atoms with E-state index in [-0.39, 0.29) is 5.91 Å². The maximum Gasteiger partial charge on any atom is 0.230 e.